The molecule has 2 aliphatic rings. The van der Waals surface area contributed by atoms with Gasteiger partial charge in [0.25, 0.3) is 0 Å². The van der Waals surface area contributed by atoms with Gasteiger partial charge in [-0.1, -0.05) is 5.16 Å². The Morgan fingerprint density at radius 3 is 2.66 bits per heavy atom. The fraction of sp³-hybridized carbons (Fsp3) is 0.476. The number of anilines is 3. The second-order valence-corrected chi connectivity index (χ2v) is 7.32. The number of piperazine rings is 1. The minimum absolute atomic E-state index is 0.322. The van der Waals surface area contributed by atoms with Gasteiger partial charge in [0, 0.05) is 32.2 Å². The molecule has 0 bridgehead atoms. The van der Waals surface area contributed by atoms with Gasteiger partial charge >= 0.3 is 0 Å². The number of oxime groups is 1. The van der Waals surface area contributed by atoms with E-state index in [1.807, 2.05) is 0 Å². The lowest BCUT2D eigenvalue weighted by Crippen LogP contribution is -2.44. The topological polar surface area (TPSA) is 140 Å². The molecule has 11 nitrogen and oxygen atoms in total. The highest BCUT2D eigenvalue weighted by molar-refractivity contribution is 5.91. The smallest absolute Gasteiger partial charge is 0.213 e. The zero-order valence-corrected chi connectivity index (χ0v) is 18.2. The molecule has 3 heterocycles. The average molecular weight is 443 g/mol. The minimum atomic E-state index is 0.322. The molecular formula is C21H30N8O3. The molecule has 1 saturated heterocycles. The predicted octanol–water partition coefficient (Wildman–Crippen LogP) is 1.42. The van der Waals surface area contributed by atoms with Crippen molar-refractivity contribution in [3.8, 4) is 5.88 Å². The number of nitrogens with one attached hydrogen (secondary N) is 2. The molecule has 1 aliphatic carbocycles. The van der Waals surface area contributed by atoms with Crippen LogP contribution >= 0.6 is 0 Å². The van der Waals surface area contributed by atoms with E-state index in [-0.39, 0.29) is 0 Å². The number of carbonyl (C=O) groups excluding carboxylic acids is 1. The van der Waals surface area contributed by atoms with Crippen LogP contribution in [0.5, 0.6) is 5.88 Å². The number of pyridine rings is 1. The van der Waals surface area contributed by atoms with Gasteiger partial charge in [-0.25, -0.2) is 15.0 Å². The van der Waals surface area contributed by atoms with Crippen LogP contribution in [0.3, 0.4) is 0 Å². The van der Waals surface area contributed by atoms with Gasteiger partial charge in [-0.05, 0) is 31.7 Å². The summed E-state index contributed by atoms with van der Waals surface area (Å²) in [6, 6.07) is 3.57. The Kier molecular flexibility index (Phi) is 8.99. The lowest BCUT2D eigenvalue weighted by Gasteiger charge is -2.29. The summed E-state index contributed by atoms with van der Waals surface area (Å²) in [5.74, 6) is 1.85. The van der Waals surface area contributed by atoms with Crippen LogP contribution in [0.4, 0.5) is 17.3 Å². The van der Waals surface area contributed by atoms with Crippen LogP contribution in [-0.4, -0.2) is 67.0 Å². The van der Waals surface area contributed by atoms with E-state index in [1.54, 1.807) is 24.5 Å². The van der Waals surface area contributed by atoms with Crippen LogP contribution in [0.1, 0.15) is 31.2 Å². The van der Waals surface area contributed by atoms with Gasteiger partial charge in [0.05, 0.1) is 23.7 Å². The lowest BCUT2D eigenvalue weighted by molar-refractivity contribution is -0.105. The number of aromatic nitrogens is 3. The van der Waals surface area contributed by atoms with Crippen LogP contribution in [0.25, 0.3) is 0 Å². The second kappa shape index (κ2) is 12.4. The summed E-state index contributed by atoms with van der Waals surface area (Å²) in [5.41, 5.74) is 7.22. The fourth-order valence-corrected chi connectivity index (χ4v) is 3.54. The summed E-state index contributed by atoms with van der Waals surface area (Å²) in [5, 5.41) is 9.55. The summed E-state index contributed by atoms with van der Waals surface area (Å²) in [6.45, 7) is 3.66. The van der Waals surface area contributed by atoms with Crippen molar-refractivity contribution in [1.82, 2.24) is 20.3 Å². The van der Waals surface area contributed by atoms with Crippen molar-refractivity contribution in [3.05, 3.63) is 30.2 Å². The average Bonchev–Trinajstić information content (AvgIpc) is 3.34. The molecule has 4 rings (SSSR count). The monoisotopic (exact) mass is 442 g/mol. The fourth-order valence-electron chi connectivity index (χ4n) is 3.54. The third-order valence-electron chi connectivity index (χ3n) is 5.15. The number of nitrogens with zero attached hydrogens (tertiary/aromatic N) is 5. The van der Waals surface area contributed by atoms with E-state index in [0.29, 0.717) is 35.5 Å². The zero-order chi connectivity index (χ0) is 22.6. The van der Waals surface area contributed by atoms with E-state index in [1.165, 1.54) is 26.3 Å². The molecule has 0 atom stereocenters. The number of amides is 1. The zero-order valence-electron chi connectivity index (χ0n) is 18.2. The van der Waals surface area contributed by atoms with Gasteiger partial charge in [0.1, 0.15) is 31.2 Å². The Bertz CT molecular complexity index is 866. The molecule has 1 saturated carbocycles. The molecule has 0 radical (unpaired) electrons. The lowest BCUT2D eigenvalue weighted by atomic mass is 10.2. The van der Waals surface area contributed by atoms with E-state index < -0.39 is 0 Å². The van der Waals surface area contributed by atoms with Crippen LogP contribution < -0.4 is 26.0 Å². The molecule has 4 N–H and O–H groups in total. The predicted molar refractivity (Wildman–Crippen MR) is 123 cm³/mol. The number of hydrogen-bond donors (Lipinski definition) is 3. The molecule has 0 spiro atoms. The highest BCUT2D eigenvalue weighted by Crippen LogP contribution is 2.23. The number of rotatable bonds is 7. The molecule has 1 amide bonds. The van der Waals surface area contributed by atoms with E-state index >= 15 is 0 Å². The Balaban J connectivity index is 0.000000182. The Hall–Kier alpha value is -3.47. The van der Waals surface area contributed by atoms with Crippen molar-refractivity contribution in [2.75, 3.05) is 49.2 Å². The summed E-state index contributed by atoms with van der Waals surface area (Å²) in [6.07, 6.45) is 10.3. The second-order valence-electron chi connectivity index (χ2n) is 7.32. The normalized spacial score (nSPS) is 16.3. The van der Waals surface area contributed by atoms with Crippen molar-refractivity contribution in [3.63, 3.8) is 0 Å². The first-order valence-electron chi connectivity index (χ1n) is 10.7. The van der Waals surface area contributed by atoms with Gasteiger partial charge < -0.3 is 30.8 Å². The number of carbonyl (C=O) groups is 1. The van der Waals surface area contributed by atoms with Crippen LogP contribution in [0, 0.1) is 0 Å². The van der Waals surface area contributed by atoms with Crippen molar-refractivity contribution >= 4 is 29.9 Å². The van der Waals surface area contributed by atoms with Crippen molar-refractivity contribution in [1.29, 1.82) is 0 Å². The highest BCUT2D eigenvalue weighted by atomic mass is 16.6. The SMILES string of the molecule is CON=Cc1c(N)ncnc1N1CCNCC1.O=CNc1ccc(OC2CCCC2)nc1. The quantitative estimate of drug-likeness (QED) is 0.330. The summed E-state index contributed by atoms with van der Waals surface area (Å²) in [7, 11) is 1.49. The largest absolute Gasteiger partial charge is 0.474 e. The maximum absolute atomic E-state index is 10.2. The number of hydrogen-bond acceptors (Lipinski definition) is 10. The van der Waals surface area contributed by atoms with Gasteiger partial charge in [-0.2, -0.15) is 0 Å². The Morgan fingerprint density at radius 1 is 1.22 bits per heavy atom. The van der Waals surface area contributed by atoms with Crippen molar-refractivity contribution in [2.45, 2.75) is 31.8 Å². The first kappa shape index (κ1) is 23.2. The third kappa shape index (κ3) is 6.77. The molecule has 2 aromatic rings. The Labute approximate surface area is 187 Å². The molecule has 11 heteroatoms. The van der Waals surface area contributed by atoms with Crippen molar-refractivity contribution in [2.24, 2.45) is 5.16 Å². The Morgan fingerprint density at radius 2 is 2.00 bits per heavy atom. The van der Waals surface area contributed by atoms with E-state index in [0.717, 1.165) is 44.8 Å². The van der Waals surface area contributed by atoms with E-state index in [9.17, 15) is 4.79 Å². The van der Waals surface area contributed by atoms with Crippen molar-refractivity contribution < 1.29 is 14.4 Å². The molecular weight excluding hydrogens is 412 g/mol. The highest BCUT2D eigenvalue weighted by Gasteiger charge is 2.17. The van der Waals surface area contributed by atoms with Crippen LogP contribution in [-0.2, 0) is 9.63 Å². The van der Waals surface area contributed by atoms with Gasteiger partial charge in [0.15, 0.2) is 0 Å². The molecule has 1 aliphatic heterocycles. The molecule has 32 heavy (non-hydrogen) atoms. The number of nitrogens with two attached hydrogens (primary N) is 1. The van der Waals surface area contributed by atoms with E-state index in [4.69, 9.17) is 10.5 Å². The van der Waals surface area contributed by atoms with Gasteiger partial charge in [0.2, 0.25) is 12.3 Å². The molecule has 172 valence electrons. The maximum Gasteiger partial charge on any atom is 0.213 e. The molecule has 2 fully saturated rings. The van der Waals surface area contributed by atoms with E-state index in [2.05, 4.69) is 40.5 Å². The third-order valence-corrected chi connectivity index (χ3v) is 5.15. The van der Waals surface area contributed by atoms with Gasteiger partial charge in [-0.15, -0.1) is 0 Å². The number of ether oxygens (including phenoxy) is 1. The molecule has 2 aromatic heterocycles. The maximum atomic E-state index is 10.2. The first-order valence-corrected chi connectivity index (χ1v) is 10.7. The van der Waals surface area contributed by atoms with Crippen LogP contribution in [0.2, 0.25) is 0 Å². The standard InChI is InChI=1S/C11H14N2O2.C10H16N6O/c14-8-13-9-5-6-11(12-7-9)15-10-3-1-2-4-10;1-17-15-6-8-9(11)13-7-14-10(8)16-4-2-12-3-5-16/h5-8,10H,1-4H2,(H,13,14);6-7,12H,2-5H2,1H3,(H2,11,13,14). The van der Waals surface area contributed by atoms with Gasteiger partial charge in [-0.3, -0.25) is 4.79 Å². The summed E-state index contributed by atoms with van der Waals surface area (Å²) >= 11 is 0. The summed E-state index contributed by atoms with van der Waals surface area (Å²) in [4.78, 5) is 29.4. The number of nitrogen functional groups attached to an aromatic ring is 1. The molecule has 0 aromatic carbocycles. The van der Waals surface area contributed by atoms with Crippen LogP contribution in [0.15, 0.2) is 29.8 Å². The molecule has 0 unspecified atom stereocenters. The minimum Gasteiger partial charge on any atom is -0.474 e. The summed E-state index contributed by atoms with van der Waals surface area (Å²) < 4.78 is 5.68. The first-order chi connectivity index (χ1) is 15.7.